The highest BCUT2D eigenvalue weighted by atomic mass is 16.5. The highest BCUT2D eigenvalue weighted by molar-refractivity contribution is 5.89. The fourth-order valence-electron chi connectivity index (χ4n) is 4.25. The second kappa shape index (κ2) is 14.1. The molecule has 1 fully saturated rings. The summed E-state index contributed by atoms with van der Waals surface area (Å²) in [5.41, 5.74) is 1.77. The summed E-state index contributed by atoms with van der Waals surface area (Å²) in [5, 5.41) is 11.1. The van der Waals surface area contributed by atoms with Gasteiger partial charge in [0.25, 0.3) is 0 Å². The number of phenols is 1. The van der Waals surface area contributed by atoms with E-state index in [1.807, 2.05) is 18.2 Å². The van der Waals surface area contributed by atoms with Crippen LogP contribution in [0.25, 0.3) is 0 Å². The Labute approximate surface area is 193 Å². The Balaban J connectivity index is 2.28. The topological polar surface area (TPSA) is 72.8 Å². The van der Waals surface area contributed by atoms with Gasteiger partial charge in [-0.1, -0.05) is 25.5 Å². The van der Waals surface area contributed by atoms with Crippen LogP contribution in [0.15, 0.2) is 24.3 Å². The maximum atomic E-state index is 12.2. The first-order valence-electron chi connectivity index (χ1n) is 12.1. The second-order valence-electron chi connectivity index (χ2n) is 8.93. The lowest BCUT2D eigenvalue weighted by Gasteiger charge is -2.22. The average molecular weight is 445 g/mol. The van der Waals surface area contributed by atoms with Gasteiger partial charge in [-0.2, -0.15) is 0 Å². The molecule has 0 amide bonds. The number of ether oxygens (including phenoxy) is 2. The van der Waals surface area contributed by atoms with Gasteiger partial charge in [0.15, 0.2) is 17.3 Å². The molecule has 0 spiro atoms. The normalized spacial score (nSPS) is 15.3. The summed E-state index contributed by atoms with van der Waals surface area (Å²) in [6.45, 7) is 4.23. The Kier molecular flexibility index (Phi) is 11.5. The largest absolute Gasteiger partial charge is 0.504 e. The number of benzene rings is 1. The molecule has 0 aromatic heterocycles. The van der Waals surface area contributed by atoms with Gasteiger partial charge in [-0.3, -0.25) is 4.79 Å². The molecular weight excluding hydrogens is 404 g/mol. The summed E-state index contributed by atoms with van der Waals surface area (Å²) in [7, 11) is 1.66. The summed E-state index contributed by atoms with van der Waals surface area (Å²) in [6, 6.07) is 3.87. The van der Waals surface area contributed by atoms with Crippen LogP contribution in [0.1, 0.15) is 95.1 Å². The van der Waals surface area contributed by atoms with Crippen molar-refractivity contribution in [2.45, 2.75) is 96.5 Å². The first-order chi connectivity index (χ1) is 15.4. The SMILES string of the molecule is CCC/C=C/C(=O)CCc1cc(OC2CCCC2)c(O)c([C@H](CCOC)CCC(C)=O)c1. The first-order valence-corrected chi connectivity index (χ1v) is 12.1. The number of Topliss-reactive ketones (excluding diaryl/α,β-unsaturated/α-hetero) is 1. The summed E-state index contributed by atoms with van der Waals surface area (Å²) in [4.78, 5) is 23.9. The molecule has 0 unspecified atom stereocenters. The molecule has 2 rings (SSSR count). The molecule has 1 atom stereocenters. The Bertz CT molecular complexity index is 762. The molecule has 1 N–H and O–H groups in total. The summed E-state index contributed by atoms with van der Waals surface area (Å²) in [5.74, 6) is 0.904. The molecule has 1 aliphatic rings. The third-order valence-electron chi connectivity index (χ3n) is 6.13. The van der Waals surface area contributed by atoms with Gasteiger partial charge in [0.05, 0.1) is 6.10 Å². The number of aromatic hydroxyl groups is 1. The van der Waals surface area contributed by atoms with E-state index in [0.717, 1.165) is 49.7 Å². The monoisotopic (exact) mass is 444 g/mol. The fourth-order valence-corrected chi connectivity index (χ4v) is 4.25. The van der Waals surface area contributed by atoms with Gasteiger partial charge in [0.2, 0.25) is 0 Å². The summed E-state index contributed by atoms with van der Waals surface area (Å²) in [6.07, 6.45) is 12.8. The van der Waals surface area contributed by atoms with Gasteiger partial charge in [0.1, 0.15) is 5.78 Å². The molecule has 0 radical (unpaired) electrons. The molecule has 1 aliphatic carbocycles. The van der Waals surface area contributed by atoms with Crippen molar-refractivity contribution in [2.75, 3.05) is 13.7 Å². The van der Waals surface area contributed by atoms with Gasteiger partial charge < -0.3 is 19.4 Å². The number of methoxy groups -OCH3 is 1. The average Bonchev–Trinajstić information content (AvgIpc) is 3.27. The van der Waals surface area contributed by atoms with E-state index in [2.05, 4.69) is 6.92 Å². The minimum Gasteiger partial charge on any atom is -0.504 e. The van der Waals surface area contributed by atoms with Crippen molar-refractivity contribution in [3.8, 4) is 11.5 Å². The van der Waals surface area contributed by atoms with E-state index in [0.29, 0.717) is 44.5 Å². The van der Waals surface area contributed by atoms with Crippen LogP contribution in [-0.4, -0.2) is 36.5 Å². The van der Waals surface area contributed by atoms with Crippen molar-refractivity contribution in [3.63, 3.8) is 0 Å². The van der Waals surface area contributed by atoms with Crippen LogP contribution in [-0.2, 0) is 20.7 Å². The van der Waals surface area contributed by atoms with Crippen molar-refractivity contribution in [3.05, 3.63) is 35.4 Å². The zero-order valence-electron chi connectivity index (χ0n) is 20.0. The van der Waals surface area contributed by atoms with Crippen LogP contribution in [0.2, 0.25) is 0 Å². The Hall–Kier alpha value is -2.14. The third-order valence-corrected chi connectivity index (χ3v) is 6.13. The Morgan fingerprint density at radius 1 is 1.19 bits per heavy atom. The quantitative estimate of drug-likeness (QED) is 0.333. The van der Waals surface area contributed by atoms with E-state index in [1.54, 1.807) is 20.1 Å². The maximum absolute atomic E-state index is 12.2. The van der Waals surface area contributed by atoms with Crippen LogP contribution in [0, 0.1) is 0 Å². The molecule has 0 heterocycles. The number of ketones is 2. The lowest BCUT2D eigenvalue weighted by atomic mass is 9.88. The number of hydrogen-bond acceptors (Lipinski definition) is 5. The fraction of sp³-hybridized carbons (Fsp3) is 0.630. The van der Waals surface area contributed by atoms with Crippen molar-refractivity contribution in [2.24, 2.45) is 0 Å². The van der Waals surface area contributed by atoms with E-state index in [1.165, 1.54) is 0 Å². The smallest absolute Gasteiger partial charge is 0.161 e. The predicted molar refractivity (Wildman–Crippen MR) is 128 cm³/mol. The third kappa shape index (κ3) is 8.78. The van der Waals surface area contributed by atoms with Crippen LogP contribution in [0.3, 0.4) is 0 Å². The van der Waals surface area contributed by atoms with Crippen LogP contribution >= 0.6 is 0 Å². The molecule has 32 heavy (non-hydrogen) atoms. The number of rotatable bonds is 15. The molecule has 5 nitrogen and oxygen atoms in total. The number of hydrogen-bond donors (Lipinski definition) is 1. The molecule has 1 aromatic carbocycles. The van der Waals surface area contributed by atoms with E-state index in [9.17, 15) is 14.7 Å². The van der Waals surface area contributed by atoms with Gasteiger partial charge in [0, 0.05) is 32.1 Å². The number of allylic oxidation sites excluding steroid dienone is 2. The first kappa shape index (κ1) is 26.1. The van der Waals surface area contributed by atoms with Crippen molar-refractivity contribution >= 4 is 11.6 Å². The number of aryl methyl sites for hydroxylation is 1. The van der Waals surface area contributed by atoms with Crippen LogP contribution in [0.5, 0.6) is 11.5 Å². The molecule has 1 aromatic rings. The van der Waals surface area contributed by atoms with Crippen LogP contribution < -0.4 is 4.74 Å². The van der Waals surface area contributed by atoms with Gasteiger partial charge in [-0.25, -0.2) is 0 Å². The zero-order chi connectivity index (χ0) is 23.3. The summed E-state index contributed by atoms with van der Waals surface area (Å²) < 4.78 is 11.5. The lowest BCUT2D eigenvalue weighted by Crippen LogP contribution is -2.13. The van der Waals surface area contributed by atoms with Crippen LogP contribution in [0.4, 0.5) is 0 Å². The maximum Gasteiger partial charge on any atom is 0.161 e. The molecule has 1 saturated carbocycles. The number of carbonyl (C=O) groups is 2. The second-order valence-corrected chi connectivity index (χ2v) is 8.93. The predicted octanol–water partition coefficient (Wildman–Crippen LogP) is 6.06. The summed E-state index contributed by atoms with van der Waals surface area (Å²) >= 11 is 0. The highest BCUT2D eigenvalue weighted by Crippen LogP contribution is 2.41. The molecule has 0 saturated heterocycles. The van der Waals surface area contributed by atoms with E-state index in [-0.39, 0.29) is 29.3 Å². The van der Waals surface area contributed by atoms with E-state index in [4.69, 9.17) is 9.47 Å². The number of phenolic OH excluding ortho intramolecular Hbond substituents is 1. The Morgan fingerprint density at radius 2 is 1.94 bits per heavy atom. The van der Waals surface area contributed by atoms with Gasteiger partial charge >= 0.3 is 0 Å². The van der Waals surface area contributed by atoms with Crippen molar-refractivity contribution in [1.29, 1.82) is 0 Å². The minimum absolute atomic E-state index is 0.00937. The molecule has 0 aliphatic heterocycles. The Morgan fingerprint density at radius 3 is 2.59 bits per heavy atom. The number of carbonyl (C=O) groups excluding carboxylic acids is 2. The lowest BCUT2D eigenvalue weighted by molar-refractivity contribution is -0.117. The molecule has 5 heteroatoms. The molecular formula is C27H40O5. The van der Waals surface area contributed by atoms with E-state index >= 15 is 0 Å². The highest BCUT2D eigenvalue weighted by Gasteiger charge is 2.23. The standard InChI is InChI=1S/C27H40O5/c1-4-5-6-9-23(29)15-13-21-18-25(22(16-17-31-3)14-12-20(2)28)27(30)26(19-21)32-24-10-7-8-11-24/h6,9,18-19,22,24,30H,4-5,7-8,10-17H2,1-3H3/b9-6+/t22-/m0/s1. The van der Waals surface area contributed by atoms with E-state index < -0.39 is 0 Å². The van der Waals surface area contributed by atoms with Gasteiger partial charge in [-0.05, 0) is 81.9 Å². The van der Waals surface area contributed by atoms with Gasteiger partial charge in [-0.15, -0.1) is 0 Å². The van der Waals surface area contributed by atoms with Crippen molar-refractivity contribution < 1.29 is 24.2 Å². The molecule has 0 bridgehead atoms. The molecule has 178 valence electrons. The zero-order valence-corrected chi connectivity index (χ0v) is 20.0. The van der Waals surface area contributed by atoms with Crippen molar-refractivity contribution in [1.82, 2.24) is 0 Å². The number of unbranched alkanes of at least 4 members (excludes halogenated alkanes) is 1. The minimum atomic E-state index is -0.00937.